The Morgan fingerprint density at radius 2 is 2.07 bits per heavy atom. The van der Waals surface area contributed by atoms with Gasteiger partial charge in [-0.15, -0.1) is 0 Å². The van der Waals surface area contributed by atoms with Gasteiger partial charge in [-0.25, -0.2) is 0 Å². The summed E-state index contributed by atoms with van der Waals surface area (Å²) in [5.41, 5.74) is 8.15. The van der Waals surface area contributed by atoms with E-state index in [1.807, 2.05) is 6.07 Å². The van der Waals surface area contributed by atoms with Crippen LogP contribution in [0.4, 0.5) is 0 Å². The number of carbonyl (C=O) groups excluding carboxylic acids is 2. The minimum atomic E-state index is -0.543. The number of rotatable bonds is 8. The van der Waals surface area contributed by atoms with Crippen LogP contribution in [0.25, 0.3) is 4.91 Å². The number of amides is 2. The van der Waals surface area contributed by atoms with Gasteiger partial charge in [0.1, 0.15) is 5.75 Å². The van der Waals surface area contributed by atoms with Gasteiger partial charge in [0.05, 0.1) is 12.1 Å². The van der Waals surface area contributed by atoms with E-state index in [4.69, 9.17) is 10.5 Å². The summed E-state index contributed by atoms with van der Waals surface area (Å²) in [4.78, 5) is 24.2. The van der Waals surface area contributed by atoms with Crippen LogP contribution in [0.1, 0.15) is 63.5 Å². The Morgan fingerprint density at radius 1 is 1.33 bits per heavy atom. The van der Waals surface area contributed by atoms with Gasteiger partial charge in [-0.2, -0.15) is 0 Å². The van der Waals surface area contributed by atoms with E-state index in [0.29, 0.717) is 16.5 Å². The maximum absolute atomic E-state index is 11.6. The summed E-state index contributed by atoms with van der Waals surface area (Å²) in [5.74, 6) is 0.515. The number of hydrogen-bond acceptors (Lipinski definition) is 4. The van der Waals surface area contributed by atoms with E-state index >= 15 is 0 Å². The predicted octanol–water partition coefficient (Wildman–Crippen LogP) is 4.30. The van der Waals surface area contributed by atoms with Gasteiger partial charge in [0.25, 0.3) is 0 Å². The smallest absolute Gasteiger partial charge is 0.246 e. The van der Waals surface area contributed by atoms with Crippen LogP contribution in [-0.4, -0.2) is 18.9 Å². The van der Waals surface area contributed by atoms with Crippen molar-refractivity contribution in [2.75, 3.05) is 7.11 Å². The number of ether oxygens (including phenoxy) is 1. The van der Waals surface area contributed by atoms with Crippen molar-refractivity contribution in [1.82, 2.24) is 5.32 Å². The molecule has 0 aliphatic heterocycles. The van der Waals surface area contributed by atoms with Crippen molar-refractivity contribution < 1.29 is 14.3 Å². The third-order valence-electron chi connectivity index (χ3n) is 4.67. The van der Waals surface area contributed by atoms with Crippen LogP contribution in [0.3, 0.4) is 0 Å². The van der Waals surface area contributed by atoms with Gasteiger partial charge >= 0.3 is 0 Å². The summed E-state index contributed by atoms with van der Waals surface area (Å²) in [6.45, 7) is 5.25. The van der Waals surface area contributed by atoms with Crippen LogP contribution in [0, 0.1) is 0 Å². The van der Waals surface area contributed by atoms with Crippen molar-refractivity contribution in [1.29, 1.82) is 0 Å². The molecule has 146 valence electrons. The Morgan fingerprint density at radius 3 is 2.67 bits per heavy atom. The molecule has 1 atom stereocenters. The minimum absolute atomic E-state index is 0.231. The van der Waals surface area contributed by atoms with Gasteiger partial charge in [-0.3, -0.25) is 9.59 Å². The molecule has 1 aromatic rings. The standard InChI is InChI=1S/C21H28N2O3S/c1-5-6-7-15-8-11-19(17-10-9-16(26-4)12-18(15)17)27-21(23-14(3)24)13(2)20(22)25/h9-12,15H,5-8H2,1-4H3,(H2,22,25)(H,23,24)/b21-13+. The minimum Gasteiger partial charge on any atom is -0.497 e. The molecule has 0 aromatic heterocycles. The third-order valence-corrected chi connectivity index (χ3v) is 5.89. The van der Waals surface area contributed by atoms with Crippen molar-refractivity contribution in [2.45, 2.75) is 52.4 Å². The number of hydrogen-bond donors (Lipinski definition) is 2. The summed E-state index contributed by atoms with van der Waals surface area (Å²) in [6, 6.07) is 6.10. The molecule has 0 fully saturated rings. The van der Waals surface area contributed by atoms with Gasteiger partial charge in [-0.1, -0.05) is 37.6 Å². The summed E-state index contributed by atoms with van der Waals surface area (Å²) in [7, 11) is 1.67. The summed E-state index contributed by atoms with van der Waals surface area (Å²) < 4.78 is 5.42. The van der Waals surface area contributed by atoms with Crippen LogP contribution in [0.2, 0.25) is 0 Å². The number of nitrogens with one attached hydrogen (secondary N) is 1. The van der Waals surface area contributed by atoms with E-state index in [1.54, 1.807) is 14.0 Å². The SMILES string of the molecule is CCCCC1CC=C(S/C(NC(C)=O)=C(\C)C(N)=O)c2ccc(OC)cc21. The van der Waals surface area contributed by atoms with Crippen molar-refractivity contribution in [3.05, 3.63) is 46.0 Å². The summed E-state index contributed by atoms with van der Waals surface area (Å²) >= 11 is 1.38. The molecule has 2 amide bonds. The monoisotopic (exact) mass is 388 g/mol. The van der Waals surface area contributed by atoms with E-state index in [1.165, 1.54) is 30.7 Å². The Kier molecular flexibility index (Phi) is 7.54. The van der Waals surface area contributed by atoms with Crippen molar-refractivity contribution >= 4 is 28.5 Å². The summed E-state index contributed by atoms with van der Waals surface area (Å²) in [6.07, 6.45) is 6.57. The number of methoxy groups -OCH3 is 1. The first-order valence-corrected chi connectivity index (χ1v) is 10.0. The lowest BCUT2D eigenvalue weighted by atomic mass is 9.83. The molecule has 0 spiro atoms. The first-order valence-electron chi connectivity index (χ1n) is 9.21. The highest BCUT2D eigenvalue weighted by Gasteiger charge is 2.24. The Bertz CT molecular complexity index is 784. The molecule has 5 nitrogen and oxygen atoms in total. The number of benzene rings is 1. The molecule has 1 unspecified atom stereocenters. The van der Waals surface area contributed by atoms with Crippen molar-refractivity contribution in [3.8, 4) is 5.75 Å². The highest BCUT2D eigenvalue weighted by Crippen LogP contribution is 2.45. The van der Waals surface area contributed by atoms with Crippen LogP contribution in [-0.2, 0) is 9.59 Å². The predicted molar refractivity (Wildman–Crippen MR) is 111 cm³/mol. The van der Waals surface area contributed by atoms with Gasteiger partial charge in [0.15, 0.2) is 0 Å². The molecular weight excluding hydrogens is 360 g/mol. The highest BCUT2D eigenvalue weighted by atomic mass is 32.2. The first-order chi connectivity index (χ1) is 12.9. The lowest BCUT2D eigenvalue weighted by molar-refractivity contribution is -0.118. The van der Waals surface area contributed by atoms with E-state index in [-0.39, 0.29) is 5.91 Å². The molecule has 1 aliphatic rings. The molecule has 0 bridgehead atoms. The van der Waals surface area contributed by atoms with Crippen molar-refractivity contribution in [3.63, 3.8) is 0 Å². The number of carbonyl (C=O) groups is 2. The van der Waals surface area contributed by atoms with E-state index in [2.05, 4.69) is 30.4 Å². The zero-order valence-electron chi connectivity index (χ0n) is 16.4. The summed E-state index contributed by atoms with van der Waals surface area (Å²) in [5, 5.41) is 3.23. The van der Waals surface area contributed by atoms with Gasteiger partial charge in [-0.05, 0) is 55.0 Å². The van der Waals surface area contributed by atoms with Gasteiger partial charge in [0.2, 0.25) is 11.8 Å². The quantitative estimate of drug-likeness (QED) is 0.651. The molecule has 1 aromatic carbocycles. The van der Waals surface area contributed by atoms with Gasteiger partial charge < -0.3 is 15.8 Å². The average Bonchev–Trinajstić information content (AvgIpc) is 2.65. The molecule has 1 aliphatic carbocycles. The van der Waals surface area contributed by atoms with Crippen molar-refractivity contribution in [2.24, 2.45) is 5.73 Å². The second-order valence-electron chi connectivity index (χ2n) is 6.70. The van der Waals surface area contributed by atoms with Crippen LogP contribution >= 0.6 is 11.8 Å². The third kappa shape index (κ3) is 5.39. The first kappa shape index (κ1) is 21.1. The van der Waals surface area contributed by atoms with Crippen LogP contribution < -0.4 is 15.8 Å². The normalized spacial score (nSPS) is 16.7. The Hall–Kier alpha value is -2.21. The Balaban J connectivity index is 2.40. The molecule has 0 saturated carbocycles. The fourth-order valence-corrected chi connectivity index (χ4v) is 4.26. The largest absolute Gasteiger partial charge is 0.497 e. The molecule has 6 heteroatoms. The van der Waals surface area contributed by atoms with E-state index in [0.717, 1.165) is 35.5 Å². The fourth-order valence-electron chi connectivity index (χ4n) is 3.11. The molecule has 0 heterocycles. The highest BCUT2D eigenvalue weighted by molar-refractivity contribution is 8.11. The zero-order valence-corrected chi connectivity index (χ0v) is 17.2. The van der Waals surface area contributed by atoms with Crippen LogP contribution in [0.5, 0.6) is 5.75 Å². The number of fused-ring (bicyclic) bond motifs is 1. The number of unbranched alkanes of at least 4 members (excludes halogenated alkanes) is 1. The zero-order chi connectivity index (χ0) is 20.0. The van der Waals surface area contributed by atoms with Crippen LogP contribution in [0.15, 0.2) is 34.9 Å². The maximum Gasteiger partial charge on any atom is 0.246 e. The van der Waals surface area contributed by atoms with E-state index < -0.39 is 5.91 Å². The molecule has 0 saturated heterocycles. The molecule has 0 radical (unpaired) electrons. The lowest BCUT2D eigenvalue weighted by Crippen LogP contribution is -2.23. The maximum atomic E-state index is 11.6. The van der Waals surface area contributed by atoms with E-state index in [9.17, 15) is 9.59 Å². The second kappa shape index (κ2) is 9.65. The molecular formula is C21H28N2O3S. The molecule has 2 rings (SSSR count). The molecule has 3 N–H and O–H groups in total. The fraction of sp³-hybridized carbons (Fsp3) is 0.429. The topological polar surface area (TPSA) is 81.4 Å². The number of thioether (sulfide) groups is 1. The number of primary amides is 1. The molecule has 27 heavy (non-hydrogen) atoms. The van der Waals surface area contributed by atoms with Gasteiger partial charge in [0, 0.05) is 17.4 Å². The number of allylic oxidation sites excluding steroid dienone is 1. The Labute approximate surface area is 165 Å². The number of nitrogens with two attached hydrogens (primary N) is 1. The average molecular weight is 389 g/mol. The second-order valence-corrected chi connectivity index (χ2v) is 7.75. The lowest BCUT2D eigenvalue weighted by Gasteiger charge is -2.26.